The summed E-state index contributed by atoms with van der Waals surface area (Å²) in [5.41, 5.74) is 1.03. The molecule has 1 aromatic rings. The van der Waals surface area contributed by atoms with Gasteiger partial charge in [-0.3, -0.25) is 9.59 Å². The van der Waals surface area contributed by atoms with Gasteiger partial charge in [-0.05, 0) is 12.6 Å². The van der Waals surface area contributed by atoms with E-state index in [1.807, 2.05) is 35.2 Å². The van der Waals surface area contributed by atoms with Crippen molar-refractivity contribution in [3.05, 3.63) is 35.9 Å². The normalized spacial score (nSPS) is 21.7. The van der Waals surface area contributed by atoms with Gasteiger partial charge in [0, 0.05) is 45.8 Å². The van der Waals surface area contributed by atoms with Crippen molar-refractivity contribution in [2.75, 3.05) is 59.5 Å². The highest BCUT2D eigenvalue weighted by molar-refractivity contribution is 5.88. The van der Waals surface area contributed by atoms with Crippen molar-refractivity contribution in [2.45, 2.75) is 12.6 Å². The predicted octanol–water partition coefficient (Wildman–Crippen LogP) is -0.222. The molecule has 2 heterocycles. The van der Waals surface area contributed by atoms with Gasteiger partial charge in [0.2, 0.25) is 11.8 Å². The molecule has 2 aliphatic heterocycles. The summed E-state index contributed by atoms with van der Waals surface area (Å²) in [5, 5.41) is 3.24. The number of ether oxygens (including phenoxy) is 1. The average molecular weight is 360 g/mol. The van der Waals surface area contributed by atoms with Crippen LogP contribution in [0, 0.1) is 0 Å². The van der Waals surface area contributed by atoms with E-state index in [2.05, 4.69) is 17.3 Å². The molecule has 0 bridgehead atoms. The van der Waals surface area contributed by atoms with Crippen LogP contribution in [0.5, 0.6) is 0 Å². The molecule has 0 aliphatic carbocycles. The van der Waals surface area contributed by atoms with Gasteiger partial charge in [0.1, 0.15) is 12.6 Å². The highest BCUT2D eigenvalue weighted by Crippen LogP contribution is 2.11. The number of carbonyl (C=O) groups is 2. The molecule has 2 fully saturated rings. The molecule has 0 aromatic heterocycles. The van der Waals surface area contributed by atoms with Crippen LogP contribution in [0.15, 0.2) is 30.3 Å². The lowest BCUT2D eigenvalue weighted by molar-refractivity contribution is -0.150. The zero-order valence-electron chi connectivity index (χ0n) is 15.4. The van der Waals surface area contributed by atoms with E-state index >= 15 is 0 Å². The number of hydrogen-bond acceptors (Lipinski definition) is 5. The number of benzene rings is 1. The molecule has 3 rings (SSSR count). The Morgan fingerprint density at radius 2 is 1.85 bits per heavy atom. The summed E-state index contributed by atoms with van der Waals surface area (Å²) >= 11 is 0. The van der Waals surface area contributed by atoms with Gasteiger partial charge in [-0.15, -0.1) is 0 Å². The molecular formula is C19H28N4O3. The minimum Gasteiger partial charge on any atom is -0.367 e. The molecule has 1 aromatic carbocycles. The molecule has 7 heteroatoms. The summed E-state index contributed by atoms with van der Waals surface area (Å²) < 4.78 is 5.58. The third-order valence-electron chi connectivity index (χ3n) is 5.00. The zero-order chi connectivity index (χ0) is 18.4. The predicted molar refractivity (Wildman–Crippen MR) is 98.5 cm³/mol. The number of likely N-dealkylation sites (N-methyl/N-ethyl adjacent to an activating group) is 1. The Morgan fingerprint density at radius 1 is 1.12 bits per heavy atom. The largest absolute Gasteiger partial charge is 0.367 e. The SMILES string of the molecule is CN1CCN(C(=O)[C@H]2CNCCN2C(=O)COCc2ccccc2)CC1. The maximum Gasteiger partial charge on any atom is 0.249 e. The second-order valence-corrected chi connectivity index (χ2v) is 6.91. The zero-order valence-corrected chi connectivity index (χ0v) is 15.4. The highest BCUT2D eigenvalue weighted by Gasteiger charge is 2.35. The van der Waals surface area contributed by atoms with E-state index in [1.165, 1.54) is 0 Å². The molecule has 26 heavy (non-hydrogen) atoms. The van der Waals surface area contributed by atoms with Crippen LogP contribution in [-0.4, -0.2) is 92.0 Å². The Bertz CT molecular complexity index is 602. The lowest BCUT2D eigenvalue weighted by Crippen LogP contribution is -2.62. The number of nitrogens with zero attached hydrogens (tertiary/aromatic N) is 3. The molecule has 0 saturated carbocycles. The van der Waals surface area contributed by atoms with Crippen LogP contribution in [0.1, 0.15) is 5.56 Å². The standard InChI is InChI=1S/C19H28N4O3/c1-21-9-11-22(12-10-21)19(25)17-13-20-7-8-23(17)18(24)15-26-14-16-5-3-2-4-6-16/h2-6,17,20H,7-15H2,1H3/t17-/m1/s1. The number of amides is 2. The number of nitrogens with one attached hydrogen (secondary N) is 1. The monoisotopic (exact) mass is 360 g/mol. The molecule has 0 unspecified atom stereocenters. The van der Waals surface area contributed by atoms with Gasteiger partial charge in [0.15, 0.2) is 0 Å². The van der Waals surface area contributed by atoms with Crippen molar-refractivity contribution in [1.82, 2.24) is 20.0 Å². The molecule has 142 valence electrons. The maximum absolute atomic E-state index is 12.9. The van der Waals surface area contributed by atoms with E-state index in [0.717, 1.165) is 31.7 Å². The third kappa shape index (κ3) is 4.81. The van der Waals surface area contributed by atoms with Crippen molar-refractivity contribution in [2.24, 2.45) is 0 Å². The van der Waals surface area contributed by atoms with E-state index in [0.29, 0.717) is 26.2 Å². The number of carbonyl (C=O) groups excluding carboxylic acids is 2. The lowest BCUT2D eigenvalue weighted by Gasteiger charge is -2.40. The summed E-state index contributed by atoms with van der Waals surface area (Å²) in [6, 6.07) is 9.34. The van der Waals surface area contributed by atoms with E-state index < -0.39 is 6.04 Å². The molecule has 1 N–H and O–H groups in total. The van der Waals surface area contributed by atoms with Gasteiger partial charge < -0.3 is 24.8 Å². The molecule has 2 aliphatic rings. The van der Waals surface area contributed by atoms with Crippen LogP contribution in [0.4, 0.5) is 0 Å². The van der Waals surface area contributed by atoms with Crippen LogP contribution >= 0.6 is 0 Å². The second kappa shape index (κ2) is 9.12. The topological polar surface area (TPSA) is 65.1 Å². The van der Waals surface area contributed by atoms with E-state index in [4.69, 9.17) is 4.74 Å². The smallest absolute Gasteiger partial charge is 0.249 e. The fourth-order valence-corrected chi connectivity index (χ4v) is 3.37. The van der Waals surface area contributed by atoms with Gasteiger partial charge in [0.25, 0.3) is 0 Å². The molecule has 2 saturated heterocycles. The van der Waals surface area contributed by atoms with Crippen LogP contribution in [0.3, 0.4) is 0 Å². The first-order chi connectivity index (χ1) is 12.6. The van der Waals surface area contributed by atoms with Gasteiger partial charge in [-0.2, -0.15) is 0 Å². The summed E-state index contributed by atoms with van der Waals surface area (Å²) in [6.07, 6.45) is 0. The van der Waals surface area contributed by atoms with Crippen LogP contribution in [0.2, 0.25) is 0 Å². The lowest BCUT2D eigenvalue weighted by atomic mass is 10.1. The Labute approximate surface area is 154 Å². The Morgan fingerprint density at radius 3 is 2.58 bits per heavy atom. The molecular weight excluding hydrogens is 332 g/mol. The summed E-state index contributed by atoms with van der Waals surface area (Å²) in [5.74, 6) is -0.0726. The van der Waals surface area contributed by atoms with Crippen molar-refractivity contribution in [1.29, 1.82) is 0 Å². The van der Waals surface area contributed by atoms with Crippen LogP contribution < -0.4 is 5.32 Å². The van der Waals surface area contributed by atoms with Gasteiger partial charge in [0.05, 0.1) is 6.61 Å². The quantitative estimate of drug-likeness (QED) is 0.786. The molecule has 1 atom stereocenters. The van der Waals surface area contributed by atoms with Crippen molar-refractivity contribution in [3.8, 4) is 0 Å². The average Bonchev–Trinajstić information content (AvgIpc) is 2.69. The molecule has 0 radical (unpaired) electrons. The Hall–Kier alpha value is -1.96. The summed E-state index contributed by atoms with van der Waals surface area (Å²) in [6.45, 7) is 5.35. The van der Waals surface area contributed by atoms with E-state index in [1.54, 1.807) is 4.90 Å². The Balaban J connectivity index is 1.54. The van der Waals surface area contributed by atoms with Crippen molar-refractivity contribution in [3.63, 3.8) is 0 Å². The second-order valence-electron chi connectivity index (χ2n) is 6.91. The maximum atomic E-state index is 12.9. The highest BCUT2D eigenvalue weighted by atomic mass is 16.5. The summed E-state index contributed by atoms with van der Waals surface area (Å²) in [7, 11) is 2.06. The fraction of sp³-hybridized carbons (Fsp3) is 0.579. The van der Waals surface area contributed by atoms with Crippen LogP contribution in [-0.2, 0) is 20.9 Å². The van der Waals surface area contributed by atoms with Gasteiger partial charge in [-0.25, -0.2) is 0 Å². The minimum absolute atomic E-state index is 0.00140. The van der Waals surface area contributed by atoms with E-state index in [9.17, 15) is 9.59 Å². The van der Waals surface area contributed by atoms with Gasteiger partial charge in [-0.1, -0.05) is 30.3 Å². The first-order valence-electron chi connectivity index (χ1n) is 9.24. The Kier molecular flexibility index (Phi) is 6.60. The number of rotatable bonds is 5. The summed E-state index contributed by atoms with van der Waals surface area (Å²) in [4.78, 5) is 31.3. The van der Waals surface area contributed by atoms with Crippen molar-refractivity contribution < 1.29 is 14.3 Å². The van der Waals surface area contributed by atoms with Crippen LogP contribution in [0.25, 0.3) is 0 Å². The number of piperazine rings is 2. The minimum atomic E-state index is -0.431. The molecule has 7 nitrogen and oxygen atoms in total. The van der Waals surface area contributed by atoms with Gasteiger partial charge >= 0.3 is 0 Å². The molecule has 2 amide bonds. The van der Waals surface area contributed by atoms with E-state index in [-0.39, 0.29) is 18.4 Å². The first kappa shape index (κ1) is 18.8. The number of hydrogen-bond donors (Lipinski definition) is 1. The molecule has 0 spiro atoms. The fourth-order valence-electron chi connectivity index (χ4n) is 3.37. The first-order valence-corrected chi connectivity index (χ1v) is 9.24. The van der Waals surface area contributed by atoms with Crippen molar-refractivity contribution >= 4 is 11.8 Å². The third-order valence-corrected chi connectivity index (χ3v) is 5.00.